The van der Waals surface area contributed by atoms with Gasteiger partial charge < -0.3 is 9.47 Å². The summed E-state index contributed by atoms with van der Waals surface area (Å²) in [5, 5.41) is 0. The molecular weight excluding hydrogens is 290 g/mol. The van der Waals surface area contributed by atoms with E-state index in [-0.39, 0.29) is 5.78 Å². The van der Waals surface area contributed by atoms with Crippen LogP contribution in [0.1, 0.15) is 15.9 Å². The maximum absolute atomic E-state index is 13.1. The van der Waals surface area contributed by atoms with Gasteiger partial charge in [0.05, 0.1) is 0 Å². The molecule has 0 amide bonds. The van der Waals surface area contributed by atoms with E-state index in [0.29, 0.717) is 35.8 Å². The first-order valence-corrected chi connectivity index (χ1v) is 6.70. The summed E-state index contributed by atoms with van der Waals surface area (Å²) >= 11 is 0. The van der Waals surface area contributed by atoms with Crippen molar-refractivity contribution in [1.29, 1.82) is 0 Å². The van der Waals surface area contributed by atoms with E-state index >= 15 is 0 Å². The molecule has 2 aromatic rings. The summed E-state index contributed by atoms with van der Waals surface area (Å²) in [5.74, 6) is -1.00. The number of ether oxygens (including phenoxy) is 2. The number of hydrogen-bond acceptors (Lipinski definition) is 3. The van der Waals surface area contributed by atoms with Crippen LogP contribution in [-0.4, -0.2) is 19.0 Å². The zero-order chi connectivity index (χ0) is 15.5. The number of fused-ring (bicyclic) bond motifs is 1. The van der Waals surface area contributed by atoms with Crippen LogP contribution in [0.4, 0.5) is 8.78 Å². The third-order valence-electron chi connectivity index (χ3n) is 3.20. The van der Waals surface area contributed by atoms with Crippen molar-refractivity contribution in [3.63, 3.8) is 0 Å². The lowest BCUT2D eigenvalue weighted by Gasteiger charge is -2.18. The second-order valence-corrected chi connectivity index (χ2v) is 4.73. The number of benzene rings is 2. The van der Waals surface area contributed by atoms with Crippen LogP contribution in [0.3, 0.4) is 0 Å². The number of ketones is 1. The van der Waals surface area contributed by atoms with Crippen molar-refractivity contribution in [1.82, 2.24) is 0 Å². The Morgan fingerprint density at radius 1 is 0.955 bits per heavy atom. The molecule has 0 radical (unpaired) electrons. The molecule has 112 valence electrons. The second-order valence-electron chi connectivity index (χ2n) is 4.73. The molecule has 0 aromatic heterocycles. The molecule has 0 unspecified atom stereocenters. The third-order valence-corrected chi connectivity index (χ3v) is 3.20. The minimum absolute atomic E-state index is 0.262. The van der Waals surface area contributed by atoms with E-state index in [2.05, 4.69) is 0 Å². The number of carbonyl (C=O) groups excluding carboxylic acids is 1. The van der Waals surface area contributed by atoms with Gasteiger partial charge in [-0.3, -0.25) is 4.79 Å². The maximum atomic E-state index is 13.1. The first-order valence-electron chi connectivity index (χ1n) is 6.70. The average molecular weight is 302 g/mol. The Morgan fingerprint density at radius 2 is 1.73 bits per heavy atom. The van der Waals surface area contributed by atoms with Crippen LogP contribution < -0.4 is 9.47 Å². The van der Waals surface area contributed by atoms with Crippen molar-refractivity contribution in [2.75, 3.05) is 13.2 Å². The lowest BCUT2D eigenvalue weighted by Crippen LogP contribution is -2.15. The van der Waals surface area contributed by atoms with E-state index in [1.807, 2.05) is 0 Å². The lowest BCUT2D eigenvalue weighted by molar-refractivity contribution is 0.104. The van der Waals surface area contributed by atoms with E-state index < -0.39 is 11.6 Å². The van der Waals surface area contributed by atoms with Crippen molar-refractivity contribution in [3.8, 4) is 11.5 Å². The quantitative estimate of drug-likeness (QED) is 0.641. The predicted molar refractivity (Wildman–Crippen MR) is 77.2 cm³/mol. The van der Waals surface area contributed by atoms with Gasteiger partial charge in [-0.15, -0.1) is 0 Å². The van der Waals surface area contributed by atoms with Gasteiger partial charge in [-0.2, -0.15) is 0 Å². The topological polar surface area (TPSA) is 35.5 Å². The molecule has 1 aliphatic heterocycles. The van der Waals surface area contributed by atoms with Crippen LogP contribution in [0.25, 0.3) is 6.08 Å². The van der Waals surface area contributed by atoms with Crippen LogP contribution in [0, 0.1) is 11.6 Å². The molecule has 0 atom stereocenters. The van der Waals surface area contributed by atoms with Gasteiger partial charge in [0.2, 0.25) is 0 Å². The van der Waals surface area contributed by atoms with E-state index in [9.17, 15) is 13.6 Å². The van der Waals surface area contributed by atoms with Gasteiger partial charge in [-0.25, -0.2) is 8.78 Å². The van der Waals surface area contributed by atoms with Gasteiger partial charge in [-0.1, -0.05) is 12.1 Å². The molecule has 22 heavy (non-hydrogen) atoms. The zero-order valence-corrected chi connectivity index (χ0v) is 11.5. The van der Waals surface area contributed by atoms with E-state index in [0.717, 1.165) is 12.1 Å². The maximum Gasteiger partial charge on any atom is 0.185 e. The van der Waals surface area contributed by atoms with Crippen LogP contribution in [-0.2, 0) is 0 Å². The number of rotatable bonds is 3. The van der Waals surface area contributed by atoms with Crippen LogP contribution in [0.5, 0.6) is 11.5 Å². The Morgan fingerprint density at radius 3 is 2.50 bits per heavy atom. The largest absolute Gasteiger partial charge is 0.486 e. The molecule has 0 N–H and O–H groups in total. The van der Waals surface area contributed by atoms with Crippen molar-refractivity contribution in [3.05, 3.63) is 65.2 Å². The van der Waals surface area contributed by atoms with Gasteiger partial charge in [0.1, 0.15) is 13.2 Å². The summed E-state index contributed by atoms with van der Waals surface area (Å²) < 4.78 is 36.7. The SMILES string of the molecule is O=C(/C=C/c1ccc(F)c(F)c1)c1ccc2c(c1)OCCO2. The highest BCUT2D eigenvalue weighted by molar-refractivity contribution is 6.07. The van der Waals surface area contributed by atoms with Gasteiger partial charge >= 0.3 is 0 Å². The Bertz CT molecular complexity index is 754. The highest BCUT2D eigenvalue weighted by Crippen LogP contribution is 2.30. The van der Waals surface area contributed by atoms with Gasteiger partial charge in [0.15, 0.2) is 28.9 Å². The second kappa shape index (κ2) is 5.97. The van der Waals surface area contributed by atoms with Crippen molar-refractivity contribution in [2.24, 2.45) is 0 Å². The molecule has 0 bridgehead atoms. The standard InChI is InChI=1S/C17H12F2O3/c18-13-4-1-11(9-14(13)19)2-5-15(20)12-3-6-16-17(10-12)22-8-7-21-16/h1-6,9-10H,7-8H2/b5-2+. The van der Waals surface area contributed by atoms with Crippen LogP contribution >= 0.6 is 0 Å². The molecule has 3 rings (SSSR count). The number of allylic oxidation sites excluding steroid dienone is 1. The summed E-state index contributed by atoms with van der Waals surface area (Å²) in [6.45, 7) is 0.922. The Hall–Kier alpha value is -2.69. The monoisotopic (exact) mass is 302 g/mol. The van der Waals surface area contributed by atoms with Crippen molar-refractivity contribution >= 4 is 11.9 Å². The van der Waals surface area contributed by atoms with Crippen molar-refractivity contribution < 1.29 is 23.0 Å². The Balaban J connectivity index is 1.79. The molecule has 0 fully saturated rings. The third kappa shape index (κ3) is 2.98. The van der Waals surface area contributed by atoms with E-state index in [1.165, 1.54) is 18.2 Å². The summed E-state index contributed by atoms with van der Waals surface area (Å²) in [7, 11) is 0. The molecule has 3 nitrogen and oxygen atoms in total. The Kier molecular flexibility index (Phi) is 3.87. The minimum atomic E-state index is -0.950. The smallest absolute Gasteiger partial charge is 0.185 e. The molecular formula is C17H12F2O3. The Labute approximate surface area is 125 Å². The number of carbonyl (C=O) groups is 1. The first kappa shape index (κ1) is 14.3. The van der Waals surface area contributed by atoms with Crippen molar-refractivity contribution in [2.45, 2.75) is 0 Å². The van der Waals surface area contributed by atoms with E-state index in [1.54, 1.807) is 18.2 Å². The fourth-order valence-electron chi connectivity index (χ4n) is 2.08. The highest BCUT2D eigenvalue weighted by Gasteiger charge is 2.13. The number of hydrogen-bond donors (Lipinski definition) is 0. The molecule has 0 saturated heterocycles. The van der Waals surface area contributed by atoms with Crippen LogP contribution in [0.15, 0.2) is 42.5 Å². The lowest BCUT2D eigenvalue weighted by atomic mass is 10.1. The fourth-order valence-corrected chi connectivity index (χ4v) is 2.08. The van der Waals surface area contributed by atoms with E-state index in [4.69, 9.17) is 9.47 Å². The minimum Gasteiger partial charge on any atom is -0.486 e. The fraction of sp³-hybridized carbons (Fsp3) is 0.118. The summed E-state index contributed by atoms with van der Waals surface area (Å²) in [6.07, 6.45) is 2.74. The van der Waals surface area contributed by atoms with Crippen LogP contribution in [0.2, 0.25) is 0 Å². The average Bonchev–Trinajstić information content (AvgIpc) is 2.55. The number of halogens is 2. The molecule has 0 aliphatic carbocycles. The molecule has 1 heterocycles. The summed E-state index contributed by atoms with van der Waals surface area (Å²) in [5.41, 5.74) is 0.841. The zero-order valence-electron chi connectivity index (χ0n) is 11.5. The van der Waals surface area contributed by atoms with Gasteiger partial charge in [-0.05, 0) is 42.0 Å². The normalized spacial score (nSPS) is 13.4. The van der Waals surface area contributed by atoms with Gasteiger partial charge in [0, 0.05) is 5.56 Å². The molecule has 5 heteroatoms. The molecule has 0 saturated carbocycles. The molecule has 1 aliphatic rings. The predicted octanol–water partition coefficient (Wildman–Crippen LogP) is 3.63. The summed E-state index contributed by atoms with van der Waals surface area (Å²) in [4.78, 5) is 12.1. The molecule has 2 aromatic carbocycles. The highest BCUT2D eigenvalue weighted by atomic mass is 19.2. The first-order chi connectivity index (χ1) is 10.6. The summed E-state index contributed by atoms with van der Waals surface area (Å²) in [6, 6.07) is 8.35. The van der Waals surface area contributed by atoms with Gasteiger partial charge in [0.25, 0.3) is 0 Å². The molecule has 0 spiro atoms.